The van der Waals surface area contributed by atoms with Crippen LogP contribution in [0, 0.1) is 0 Å². The van der Waals surface area contributed by atoms with Crippen LogP contribution in [-0.2, 0) is 9.53 Å². The number of amides is 1. The van der Waals surface area contributed by atoms with E-state index >= 15 is 0 Å². The lowest BCUT2D eigenvalue weighted by Crippen LogP contribution is -2.32. The van der Waals surface area contributed by atoms with Gasteiger partial charge < -0.3 is 24.9 Å². The van der Waals surface area contributed by atoms with Crippen molar-refractivity contribution in [2.24, 2.45) is 0 Å². The number of aromatic nitrogens is 1. The molecule has 2 aromatic rings. The number of carboxylic acid groups (broad SMARTS) is 1. The molecule has 1 aromatic heterocycles. The van der Waals surface area contributed by atoms with Crippen LogP contribution in [0.4, 0.5) is 6.01 Å². The molecule has 2 rings (SSSR count). The first kappa shape index (κ1) is 14.8. The summed E-state index contributed by atoms with van der Waals surface area (Å²) >= 11 is 0. The smallest absolute Gasteiger partial charge is 0.335 e. The second kappa shape index (κ2) is 6.71. The van der Waals surface area contributed by atoms with Crippen molar-refractivity contribution in [2.75, 3.05) is 32.1 Å². The predicted octanol–water partition coefficient (Wildman–Crippen LogP) is 0.700. The summed E-state index contributed by atoms with van der Waals surface area (Å²) in [4.78, 5) is 26.4. The minimum absolute atomic E-state index is 0.00231. The Labute approximate surface area is 120 Å². The molecule has 0 bridgehead atoms. The van der Waals surface area contributed by atoms with Crippen molar-refractivity contribution >= 4 is 29.0 Å². The first-order chi connectivity index (χ1) is 10.1. The van der Waals surface area contributed by atoms with E-state index in [0.717, 1.165) is 0 Å². The average Bonchev–Trinajstić information content (AvgIpc) is 2.87. The monoisotopic (exact) mass is 293 g/mol. The van der Waals surface area contributed by atoms with Gasteiger partial charge in [-0.2, -0.15) is 4.98 Å². The van der Waals surface area contributed by atoms with E-state index in [1.807, 2.05) is 0 Å². The maximum atomic E-state index is 11.5. The lowest BCUT2D eigenvalue weighted by Gasteiger charge is -2.04. The molecule has 0 radical (unpaired) electrons. The number of fused-ring (bicyclic) bond motifs is 1. The van der Waals surface area contributed by atoms with Crippen molar-refractivity contribution in [1.29, 1.82) is 0 Å². The van der Waals surface area contributed by atoms with E-state index in [1.54, 1.807) is 13.2 Å². The highest BCUT2D eigenvalue weighted by Crippen LogP contribution is 2.20. The van der Waals surface area contributed by atoms with Gasteiger partial charge in [-0.05, 0) is 18.2 Å². The van der Waals surface area contributed by atoms with Crippen LogP contribution in [0.25, 0.3) is 11.1 Å². The minimum Gasteiger partial charge on any atom is -0.478 e. The molecule has 8 heteroatoms. The summed E-state index contributed by atoms with van der Waals surface area (Å²) in [6, 6.07) is 4.53. The summed E-state index contributed by atoms with van der Waals surface area (Å²) in [5.41, 5.74) is 0.974. The van der Waals surface area contributed by atoms with Crippen molar-refractivity contribution in [1.82, 2.24) is 10.3 Å². The highest BCUT2D eigenvalue weighted by Gasteiger charge is 2.10. The first-order valence-corrected chi connectivity index (χ1v) is 6.23. The molecule has 21 heavy (non-hydrogen) atoms. The van der Waals surface area contributed by atoms with Crippen LogP contribution in [0.1, 0.15) is 10.4 Å². The SMILES string of the molecule is COCCNC(=O)CNc1nc2ccc(C(=O)O)cc2o1. The fraction of sp³-hybridized carbons (Fsp3) is 0.308. The molecule has 0 atom stereocenters. The van der Waals surface area contributed by atoms with Gasteiger partial charge in [0.2, 0.25) is 5.91 Å². The van der Waals surface area contributed by atoms with Crippen molar-refractivity contribution in [3.63, 3.8) is 0 Å². The van der Waals surface area contributed by atoms with Gasteiger partial charge in [-0.15, -0.1) is 0 Å². The fourth-order valence-electron chi connectivity index (χ4n) is 1.64. The molecule has 0 aliphatic rings. The van der Waals surface area contributed by atoms with Crippen LogP contribution >= 0.6 is 0 Å². The summed E-state index contributed by atoms with van der Waals surface area (Å²) in [5, 5.41) is 14.3. The molecule has 1 heterocycles. The molecule has 0 saturated heterocycles. The number of carbonyl (C=O) groups excluding carboxylic acids is 1. The van der Waals surface area contributed by atoms with Gasteiger partial charge in [0.15, 0.2) is 5.58 Å². The first-order valence-electron chi connectivity index (χ1n) is 6.23. The normalized spacial score (nSPS) is 10.5. The summed E-state index contributed by atoms with van der Waals surface area (Å²) in [7, 11) is 1.55. The standard InChI is InChI=1S/C13H15N3O5/c1-20-5-4-14-11(17)7-15-13-16-9-3-2-8(12(18)19)6-10(9)21-13/h2-3,6H,4-5,7H2,1H3,(H,14,17)(H,15,16)(H,18,19). The number of nitrogens with one attached hydrogen (secondary N) is 2. The van der Waals surface area contributed by atoms with Gasteiger partial charge in [0.25, 0.3) is 6.01 Å². The third kappa shape index (κ3) is 3.93. The molecule has 0 spiro atoms. The number of rotatable bonds is 7. The highest BCUT2D eigenvalue weighted by molar-refractivity contribution is 5.92. The van der Waals surface area contributed by atoms with Gasteiger partial charge in [0.1, 0.15) is 5.52 Å². The summed E-state index contributed by atoms with van der Waals surface area (Å²) < 4.78 is 10.2. The summed E-state index contributed by atoms with van der Waals surface area (Å²) in [6.45, 7) is 0.863. The zero-order chi connectivity index (χ0) is 15.2. The molecule has 0 aliphatic heterocycles. The highest BCUT2D eigenvalue weighted by atomic mass is 16.5. The number of nitrogens with zero attached hydrogens (tertiary/aromatic N) is 1. The molecule has 3 N–H and O–H groups in total. The molecule has 1 amide bonds. The Hall–Kier alpha value is -2.61. The summed E-state index contributed by atoms with van der Waals surface area (Å²) in [6.07, 6.45) is 0. The molecular formula is C13H15N3O5. The number of carboxylic acids is 1. The lowest BCUT2D eigenvalue weighted by atomic mass is 10.2. The van der Waals surface area contributed by atoms with Crippen LogP contribution in [0.2, 0.25) is 0 Å². The second-order valence-electron chi connectivity index (χ2n) is 4.20. The van der Waals surface area contributed by atoms with Gasteiger partial charge in [-0.3, -0.25) is 4.79 Å². The largest absolute Gasteiger partial charge is 0.478 e. The number of hydrogen-bond acceptors (Lipinski definition) is 6. The van der Waals surface area contributed by atoms with E-state index in [0.29, 0.717) is 24.3 Å². The Bertz CT molecular complexity index is 652. The van der Waals surface area contributed by atoms with E-state index < -0.39 is 5.97 Å². The van der Waals surface area contributed by atoms with Gasteiger partial charge in [0.05, 0.1) is 18.7 Å². The van der Waals surface area contributed by atoms with E-state index in [-0.39, 0.29) is 24.0 Å². The maximum Gasteiger partial charge on any atom is 0.335 e. The van der Waals surface area contributed by atoms with Gasteiger partial charge >= 0.3 is 5.97 Å². The zero-order valence-electron chi connectivity index (χ0n) is 11.4. The average molecular weight is 293 g/mol. The van der Waals surface area contributed by atoms with Crippen LogP contribution < -0.4 is 10.6 Å². The minimum atomic E-state index is -1.04. The van der Waals surface area contributed by atoms with Crippen molar-refractivity contribution < 1.29 is 23.8 Å². The van der Waals surface area contributed by atoms with Crippen LogP contribution in [0.5, 0.6) is 0 Å². The Morgan fingerprint density at radius 3 is 2.95 bits per heavy atom. The third-order valence-corrected chi connectivity index (χ3v) is 2.66. The number of methoxy groups -OCH3 is 1. The fourth-order valence-corrected chi connectivity index (χ4v) is 1.64. The number of carbonyl (C=O) groups is 2. The lowest BCUT2D eigenvalue weighted by molar-refractivity contribution is -0.119. The third-order valence-electron chi connectivity index (χ3n) is 2.66. The van der Waals surface area contributed by atoms with E-state index in [2.05, 4.69) is 15.6 Å². The Morgan fingerprint density at radius 2 is 2.24 bits per heavy atom. The van der Waals surface area contributed by atoms with Crippen molar-refractivity contribution in [3.05, 3.63) is 23.8 Å². The Morgan fingerprint density at radius 1 is 1.43 bits per heavy atom. The molecule has 0 unspecified atom stereocenters. The molecule has 112 valence electrons. The van der Waals surface area contributed by atoms with E-state index in [4.69, 9.17) is 14.3 Å². The number of anilines is 1. The quantitative estimate of drug-likeness (QED) is 0.644. The number of ether oxygens (including phenoxy) is 1. The summed E-state index contributed by atoms with van der Waals surface area (Å²) in [5.74, 6) is -1.26. The molecule has 8 nitrogen and oxygen atoms in total. The number of benzene rings is 1. The van der Waals surface area contributed by atoms with Crippen molar-refractivity contribution in [3.8, 4) is 0 Å². The van der Waals surface area contributed by atoms with Gasteiger partial charge in [0, 0.05) is 13.7 Å². The Balaban J connectivity index is 1.96. The molecular weight excluding hydrogens is 278 g/mol. The molecule has 0 saturated carbocycles. The number of hydrogen-bond donors (Lipinski definition) is 3. The number of oxazole rings is 1. The molecule has 0 fully saturated rings. The second-order valence-corrected chi connectivity index (χ2v) is 4.20. The van der Waals surface area contributed by atoms with Crippen LogP contribution in [-0.4, -0.2) is 48.8 Å². The van der Waals surface area contributed by atoms with Gasteiger partial charge in [-0.1, -0.05) is 0 Å². The van der Waals surface area contributed by atoms with Gasteiger partial charge in [-0.25, -0.2) is 4.79 Å². The van der Waals surface area contributed by atoms with E-state index in [1.165, 1.54) is 12.1 Å². The van der Waals surface area contributed by atoms with Crippen molar-refractivity contribution in [2.45, 2.75) is 0 Å². The number of aromatic carboxylic acids is 1. The zero-order valence-corrected chi connectivity index (χ0v) is 11.4. The molecule has 0 aliphatic carbocycles. The predicted molar refractivity (Wildman–Crippen MR) is 74.3 cm³/mol. The van der Waals surface area contributed by atoms with Crippen LogP contribution in [0.15, 0.2) is 22.6 Å². The maximum absolute atomic E-state index is 11.5. The topological polar surface area (TPSA) is 114 Å². The van der Waals surface area contributed by atoms with E-state index in [9.17, 15) is 9.59 Å². The Kier molecular flexibility index (Phi) is 4.72. The van der Waals surface area contributed by atoms with Crippen LogP contribution in [0.3, 0.4) is 0 Å². The molecule has 1 aromatic carbocycles.